The molecule has 5 aliphatic rings. The first-order chi connectivity index (χ1) is 30.0. The summed E-state index contributed by atoms with van der Waals surface area (Å²) in [5.41, 5.74) is 24.9. The molecule has 5 aliphatic carbocycles. The zero-order chi connectivity index (χ0) is 40.5. The molecule has 0 heterocycles. The molecule has 0 N–H and O–H groups in total. The molecule has 8 aromatic carbocycles. The average molecular weight is 779 g/mol. The van der Waals surface area contributed by atoms with Crippen molar-refractivity contribution >= 4 is 49.0 Å². The van der Waals surface area contributed by atoms with Gasteiger partial charge in [0.15, 0.2) is 0 Å². The predicted molar refractivity (Wildman–Crippen MR) is 260 cm³/mol. The first-order valence-electron chi connectivity index (χ1n) is 22.4. The van der Waals surface area contributed by atoms with Gasteiger partial charge >= 0.3 is 0 Å². The third-order valence-corrected chi connectivity index (χ3v) is 14.8. The van der Waals surface area contributed by atoms with Crippen molar-refractivity contribution in [3.63, 3.8) is 0 Å². The molecule has 0 heteroatoms. The van der Waals surface area contributed by atoms with Crippen LogP contribution in [0.3, 0.4) is 0 Å². The maximum absolute atomic E-state index is 2.66. The minimum atomic E-state index is 0.265. The van der Waals surface area contributed by atoms with Gasteiger partial charge in [0.2, 0.25) is 0 Å². The van der Waals surface area contributed by atoms with E-state index in [1.54, 1.807) is 0 Å². The van der Waals surface area contributed by atoms with Gasteiger partial charge in [-0.25, -0.2) is 0 Å². The number of rotatable bonds is 4. The van der Waals surface area contributed by atoms with Gasteiger partial charge in [-0.2, -0.15) is 0 Å². The number of aryl methyl sites for hydroxylation is 2. The second-order valence-electron chi connectivity index (χ2n) is 18.2. The Morgan fingerprint density at radius 1 is 0.492 bits per heavy atom. The Morgan fingerprint density at radius 3 is 2.10 bits per heavy atom. The van der Waals surface area contributed by atoms with Crippen LogP contribution >= 0.6 is 0 Å². The Bertz CT molecular complexity index is 3390. The predicted octanol–water partition coefficient (Wildman–Crippen LogP) is 16.6. The van der Waals surface area contributed by atoms with Crippen molar-refractivity contribution in [1.82, 2.24) is 0 Å². The van der Waals surface area contributed by atoms with E-state index < -0.39 is 0 Å². The lowest BCUT2D eigenvalue weighted by atomic mass is 9.77. The molecule has 0 saturated heterocycles. The molecule has 0 radical (unpaired) electrons. The van der Waals surface area contributed by atoms with E-state index in [1.807, 2.05) is 0 Å². The van der Waals surface area contributed by atoms with Gasteiger partial charge in [0.1, 0.15) is 0 Å². The summed E-state index contributed by atoms with van der Waals surface area (Å²) in [5, 5.41) is 8.27. The smallest absolute Gasteiger partial charge is 0.0137 e. The molecule has 290 valence electrons. The quantitative estimate of drug-likeness (QED) is 0.156. The maximum atomic E-state index is 2.66. The molecule has 0 saturated carbocycles. The second kappa shape index (κ2) is 13.1. The maximum Gasteiger partial charge on any atom is 0.0137 e. The summed E-state index contributed by atoms with van der Waals surface area (Å²) in [6, 6.07) is 48.9. The molecule has 61 heavy (non-hydrogen) atoms. The average Bonchev–Trinajstić information content (AvgIpc) is 3.79. The molecule has 3 atom stereocenters. The molecular formula is C61H46. The molecule has 0 amide bonds. The van der Waals surface area contributed by atoms with Crippen LogP contribution in [0.5, 0.6) is 0 Å². The molecule has 3 unspecified atom stereocenters. The normalized spacial score (nSPS) is 19.2. The van der Waals surface area contributed by atoms with Crippen molar-refractivity contribution in [2.75, 3.05) is 0 Å². The van der Waals surface area contributed by atoms with E-state index >= 15 is 0 Å². The van der Waals surface area contributed by atoms with E-state index in [9.17, 15) is 0 Å². The standard InChI is InChI=1S/C61H46/c1-35-16-14-17-36(2)53(35)41-29-31-44-49(33-41)46-26-15-27-47-56(46)50(44)34-52-57(45-25-13-12-23-42(45)38-18-6-4-7-19-38)60-48-30-28-37(3)54-43-24-11-10-22-40(43)32-51(58(48)54)61(60)55(59(47)52)39-20-8-5-9-21-39/h5-6,8-27,29-34,37,44,49H,4,7,28H2,1-3H3. The van der Waals surface area contributed by atoms with Crippen molar-refractivity contribution in [1.29, 1.82) is 0 Å². The van der Waals surface area contributed by atoms with Crippen LogP contribution in [0.1, 0.15) is 94.0 Å². The van der Waals surface area contributed by atoms with E-state index in [0.717, 1.165) is 19.3 Å². The van der Waals surface area contributed by atoms with Gasteiger partial charge in [0.05, 0.1) is 0 Å². The van der Waals surface area contributed by atoms with Gasteiger partial charge in [-0.3, -0.25) is 0 Å². The third-order valence-electron chi connectivity index (χ3n) is 14.8. The first kappa shape index (κ1) is 35.0. The highest BCUT2D eigenvalue weighted by molar-refractivity contribution is 6.29. The Labute approximate surface area is 358 Å². The Hall–Kier alpha value is -6.76. The number of hydrogen-bond acceptors (Lipinski definition) is 0. The fourth-order valence-electron chi connectivity index (χ4n) is 12.4. The summed E-state index contributed by atoms with van der Waals surface area (Å²) in [6.45, 7) is 6.96. The van der Waals surface area contributed by atoms with Crippen LogP contribution in [0.15, 0.2) is 170 Å². The molecule has 13 rings (SSSR count). The minimum Gasteiger partial charge on any atom is -0.0836 e. The molecule has 0 spiro atoms. The van der Waals surface area contributed by atoms with E-state index in [0.29, 0.717) is 5.92 Å². The van der Waals surface area contributed by atoms with Crippen LogP contribution in [0.25, 0.3) is 82.4 Å². The summed E-state index contributed by atoms with van der Waals surface area (Å²) in [4.78, 5) is 0. The topological polar surface area (TPSA) is 0 Å². The largest absolute Gasteiger partial charge is 0.0836 e. The van der Waals surface area contributed by atoms with Gasteiger partial charge in [-0.1, -0.05) is 165 Å². The van der Waals surface area contributed by atoms with E-state index in [2.05, 4.69) is 191 Å². The lowest BCUT2D eigenvalue weighted by Gasteiger charge is -2.26. The Morgan fingerprint density at radius 2 is 1.26 bits per heavy atom. The molecule has 0 aliphatic heterocycles. The van der Waals surface area contributed by atoms with Gasteiger partial charge in [-0.05, 0) is 184 Å². The van der Waals surface area contributed by atoms with Crippen LogP contribution in [-0.2, 0) is 0 Å². The lowest BCUT2D eigenvalue weighted by Crippen LogP contribution is -2.06. The summed E-state index contributed by atoms with van der Waals surface area (Å²) in [7, 11) is 0. The summed E-state index contributed by atoms with van der Waals surface area (Å²) in [5.74, 6) is 0.964. The molecular weight excluding hydrogens is 733 g/mol. The molecule has 0 aromatic heterocycles. The van der Waals surface area contributed by atoms with E-state index in [-0.39, 0.29) is 11.8 Å². The zero-order valence-corrected chi connectivity index (χ0v) is 35.0. The number of allylic oxidation sites excluding steroid dienone is 9. The van der Waals surface area contributed by atoms with Crippen LogP contribution in [0.2, 0.25) is 0 Å². The van der Waals surface area contributed by atoms with Crippen LogP contribution in [-0.4, -0.2) is 0 Å². The van der Waals surface area contributed by atoms with Crippen molar-refractivity contribution < 1.29 is 0 Å². The third kappa shape index (κ3) is 4.88. The first-order valence-corrected chi connectivity index (χ1v) is 22.4. The number of hydrogen-bond donors (Lipinski definition) is 0. The van der Waals surface area contributed by atoms with Crippen molar-refractivity contribution in [2.45, 2.75) is 57.8 Å². The monoisotopic (exact) mass is 778 g/mol. The lowest BCUT2D eigenvalue weighted by molar-refractivity contribution is 0.772. The fraction of sp³-hybridized carbons (Fsp3) is 0.148. The van der Waals surface area contributed by atoms with Gasteiger partial charge in [-0.15, -0.1) is 0 Å². The molecule has 0 bridgehead atoms. The highest BCUT2D eigenvalue weighted by atomic mass is 14.4. The van der Waals surface area contributed by atoms with Crippen molar-refractivity contribution in [3.8, 4) is 33.4 Å². The van der Waals surface area contributed by atoms with Crippen molar-refractivity contribution in [2.24, 2.45) is 0 Å². The van der Waals surface area contributed by atoms with E-state index in [1.165, 1.54) is 132 Å². The zero-order valence-electron chi connectivity index (χ0n) is 35.0. The SMILES string of the molecule is Cc1cccc(C)c1C1=CC2c3cccc4c3c(cc3c(-c5ccccc5C5=CCCC=C5)c5c(c(-c6ccccc6)c34)-c3cc4ccccc4c4c3C5=CCC4C)C2C=C1. The Balaban J connectivity index is 1.21. The van der Waals surface area contributed by atoms with Gasteiger partial charge < -0.3 is 0 Å². The summed E-state index contributed by atoms with van der Waals surface area (Å²) >= 11 is 0. The number of benzene rings is 8. The second-order valence-corrected chi connectivity index (χ2v) is 18.2. The number of fused-ring (bicyclic) bond motifs is 10. The minimum absolute atomic E-state index is 0.265. The highest BCUT2D eigenvalue weighted by Crippen LogP contribution is 2.63. The molecule has 0 nitrogen and oxygen atoms in total. The molecule has 0 fully saturated rings. The highest BCUT2D eigenvalue weighted by Gasteiger charge is 2.40. The van der Waals surface area contributed by atoms with Crippen molar-refractivity contribution in [3.05, 3.63) is 220 Å². The van der Waals surface area contributed by atoms with E-state index in [4.69, 9.17) is 0 Å². The molecule has 8 aromatic rings. The van der Waals surface area contributed by atoms with Gasteiger partial charge in [0, 0.05) is 11.8 Å². The van der Waals surface area contributed by atoms with Gasteiger partial charge in [0.25, 0.3) is 0 Å². The van der Waals surface area contributed by atoms with Crippen LogP contribution < -0.4 is 0 Å². The summed E-state index contributed by atoms with van der Waals surface area (Å²) in [6.07, 6.45) is 20.5. The summed E-state index contributed by atoms with van der Waals surface area (Å²) < 4.78 is 0. The fourth-order valence-corrected chi connectivity index (χ4v) is 12.4. The van der Waals surface area contributed by atoms with Crippen LogP contribution in [0, 0.1) is 13.8 Å². The van der Waals surface area contributed by atoms with Crippen LogP contribution in [0.4, 0.5) is 0 Å². The Kier molecular flexibility index (Phi) is 7.54.